The molecule has 13 nitrogen and oxygen atoms in total. The van der Waals surface area contributed by atoms with Crippen LogP contribution in [0.2, 0.25) is 0 Å². The van der Waals surface area contributed by atoms with E-state index in [1.807, 2.05) is 6.92 Å². The average Bonchev–Trinajstić information content (AvgIpc) is 3.06. The molecule has 0 aliphatic carbocycles. The second-order valence-electron chi connectivity index (χ2n) is 15.2. The number of aliphatic hydroxyl groups excluding tert-OH is 3. The summed E-state index contributed by atoms with van der Waals surface area (Å²) < 4.78 is 47.4. The van der Waals surface area contributed by atoms with Crippen molar-refractivity contribution < 1.29 is 51.7 Å². The van der Waals surface area contributed by atoms with Crippen LogP contribution in [0.5, 0.6) is 0 Å². The fourth-order valence-electron chi connectivity index (χ4n) is 7.58. The molecule has 14 heteroatoms. The summed E-state index contributed by atoms with van der Waals surface area (Å²) in [5.41, 5.74) is 0.672. The normalized spacial score (nSPS) is 37.3. The van der Waals surface area contributed by atoms with E-state index < -0.39 is 82.8 Å². The summed E-state index contributed by atoms with van der Waals surface area (Å²) in [5.74, 6) is -2.79. The van der Waals surface area contributed by atoms with E-state index in [0.717, 1.165) is 38.7 Å². The molecule has 0 amide bonds. The number of nitrogens with zero attached hydrogens (tertiary/aromatic N) is 2. The van der Waals surface area contributed by atoms with Crippen LogP contribution in [0, 0.1) is 23.7 Å². The van der Waals surface area contributed by atoms with Gasteiger partial charge < -0.3 is 39.3 Å². The van der Waals surface area contributed by atoms with Crippen LogP contribution in [-0.2, 0) is 38.1 Å². The van der Waals surface area contributed by atoms with Gasteiger partial charge in [-0.2, -0.15) is 8.42 Å². The van der Waals surface area contributed by atoms with E-state index >= 15 is 0 Å². The summed E-state index contributed by atoms with van der Waals surface area (Å²) in [6, 6.07) is -0.681. The van der Waals surface area contributed by atoms with Crippen molar-refractivity contribution in [3.63, 3.8) is 0 Å². The minimum Gasteiger partial charge on any atom is -0.462 e. The van der Waals surface area contributed by atoms with Gasteiger partial charge in [-0.25, -0.2) is 0 Å². The topological polar surface area (TPSA) is 172 Å². The fraction of sp³-hybridized carbons (Fsp3) is 0.838. The number of piperidine rings is 1. The Hall–Kier alpha value is -1.75. The number of allylic oxidation sites excluding steroid dienone is 3. The van der Waals surface area contributed by atoms with E-state index in [0.29, 0.717) is 24.8 Å². The molecule has 3 aliphatic rings. The Balaban J connectivity index is 2.04. The summed E-state index contributed by atoms with van der Waals surface area (Å²) in [4.78, 5) is 31.2. The molecule has 2 saturated heterocycles. The second kappa shape index (κ2) is 20.1. The number of carbonyl (C=O) groups excluding carboxylic acids is 2. The van der Waals surface area contributed by atoms with Crippen LogP contribution in [-0.4, -0.2) is 141 Å². The highest BCUT2D eigenvalue weighted by atomic mass is 32.2. The number of likely N-dealkylation sites (N-methyl/N-ethyl adjacent to an activating group) is 1. The molecule has 3 heterocycles. The largest absolute Gasteiger partial charge is 0.462 e. The lowest BCUT2D eigenvalue weighted by atomic mass is 9.79. The van der Waals surface area contributed by atoms with Gasteiger partial charge in [-0.15, -0.1) is 0 Å². The van der Waals surface area contributed by atoms with Crippen molar-refractivity contribution in [2.75, 3.05) is 46.6 Å². The quantitative estimate of drug-likeness (QED) is 0.221. The molecule has 294 valence electrons. The lowest BCUT2D eigenvalue weighted by Gasteiger charge is -2.47. The molecule has 0 aromatic heterocycles. The first-order valence-electron chi connectivity index (χ1n) is 18.6. The predicted molar refractivity (Wildman–Crippen MR) is 193 cm³/mol. The molecule has 0 aromatic carbocycles. The molecule has 3 rings (SSSR count). The number of esters is 1. The third kappa shape index (κ3) is 13.3. The van der Waals surface area contributed by atoms with Crippen molar-refractivity contribution in [3.05, 3.63) is 23.8 Å². The lowest BCUT2D eigenvalue weighted by molar-refractivity contribution is -0.304. The molecule has 0 radical (unpaired) electrons. The molecule has 3 N–H and O–H groups in total. The van der Waals surface area contributed by atoms with Crippen LogP contribution in [0.25, 0.3) is 0 Å². The molecule has 3 aliphatic heterocycles. The molecule has 0 saturated carbocycles. The van der Waals surface area contributed by atoms with Crippen molar-refractivity contribution in [1.82, 2.24) is 9.80 Å². The zero-order valence-corrected chi connectivity index (χ0v) is 32.7. The smallest absolute Gasteiger partial charge is 0.308 e. The molecule has 51 heavy (non-hydrogen) atoms. The number of hydrogen-bond acceptors (Lipinski definition) is 13. The first-order valence-corrected chi connectivity index (χ1v) is 20.4. The van der Waals surface area contributed by atoms with Crippen molar-refractivity contribution in [1.29, 1.82) is 0 Å². The van der Waals surface area contributed by atoms with Gasteiger partial charge in [0.05, 0.1) is 49.7 Å². The van der Waals surface area contributed by atoms with Crippen molar-refractivity contribution in [2.24, 2.45) is 23.7 Å². The van der Waals surface area contributed by atoms with Crippen LogP contribution in [0.15, 0.2) is 23.8 Å². The molecule has 12 atom stereocenters. The number of carbonyl (C=O) groups is 2. The van der Waals surface area contributed by atoms with Crippen LogP contribution >= 0.6 is 0 Å². The Kier molecular flexibility index (Phi) is 17.2. The minimum absolute atomic E-state index is 0.106. The monoisotopic (exact) mass is 744 g/mol. The highest BCUT2D eigenvalue weighted by Crippen LogP contribution is 2.35. The van der Waals surface area contributed by atoms with Crippen LogP contribution in [0.4, 0.5) is 0 Å². The number of cyclic esters (lactones) is 1. The number of aliphatic hydroxyl groups is 3. The minimum atomic E-state index is -3.79. The Bertz CT molecular complexity index is 1280. The van der Waals surface area contributed by atoms with Crippen LogP contribution in [0.1, 0.15) is 79.6 Å². The van der Waals surface area contributed by atoms with Gasteiger partial charge in [-0.3, -0.25) is 13.8 Å². The van der Waals surface area contributed by atoms with Crippen LogP contribution in [0.3, 0.4) is 0 Å². The summed E-state index contributed by atoms with van der Waals surface area (Å²) >= 11 is 0. The number of ether oxygens (including phenoxy) is 3. The molecule has 0 spiro atoms. The van der Waals surface area contributed by atoms with Gasteiger partial charge in [0.2, 0.25) is 0 Å². The second-order valence-corrected chi connectivity index (χ2v) is 16.8. The number of ketones is 1. The maximum atomic E-state index is 13.6. The number of rotatable bonds is 10. The van der Waals surface area contributed by atoms with Gasteiger partial charge >= 0.3 is 5.97 Å². The Labute approximate surface area is 305 Å². The van der Waals surface area contributed by atoms with Crippen LogP contribution < -0.4 is 0 Å². The zero-order chi connectivity index (χ0) is 38.0. The molecule has 0 bridgehead atoms. The van der Waals surface area contributed by atoms with Crippen molar-refractivity contribution >= 4 is 21.9 Å². The zero-order valence-electron chi connectivity index (χ0n) is 31.8. The van der Waals surface area contributed by atoms with Gasteiger partial charge in [0, 0.05) is 17.8 Å². The van der Waals surface area contributed by atoms with E-state index in [2.05, 4.69) is 4.90 Å². The predicted octanol–water partition coefficient (Wildman–Crippen LogP) is 2.67. The standard InChI is InChI=1S/C37H64N2O11S/c1-9-31-28(22-47-51(8,45)46)19-23(2)13-14-29(40)24(3)20-27(15-18-39-16-11-10-12-17-39)36(25(4)30(41)21-32(42)49-31)50-37-35(44)33(38(6)7)34(43)26(5)48-37/h13-14,19,24-28,30-31,33-37,41,43-44H,9-12,15-18,20-22H2,1-8H3. The Morgan fingerprint density at radius 3 is 2.29 bits per heavy atom. The summed E-state index contributed by atoms with van der Waals surface area (Å²) in [6.45, 7) is 11.4. The van der Waals surface area contributed by atoms with Gasteiger partial charge in [-0.05, 0) is 91.7 Å². The maximum Gasteiger partial charge on any atom is 0.308 e. The highest BCUT2D eigenvalue weighted by Gasteiger charge is 2.47. The van der Waals surface area contributed by atoms with Crippen molar-refractivity contribution in [2.45, 2.75) is 129 Å². The molecule has 2 fully saturated rings. The molecule has 0 aromatic rings. The maximum absolute atomic E-state index is 13.6. The molecular weight excluding hydrogens is 680 g/mol. The van der Waals surface area contributed by atoms with Gasteiger partial charge in [-0.1, -0.05) is 44.9 Å². The van der Waals surface area contributed by atoms with Gasteiger partial charge in [0.25, 0.3) is 10.1 Å². The number of hydrogen-bond donors (Lipinski definition) is 3. The summed E-state index contributed by atoms with van der Waals surface area (Å²) in [6.07, 6.45) is 3.57. The van der Waals surface area contributed by atoms with E-state index in [4.69, 9.17) is 18.4 Å². The van der Waals surface area contributed by atoms with Crippen molar-refractivity contribution in [3.8, 4) is 0 Å². The summed E-state index contributed by atoms with van der Waals surface area (Å²) in [7, 11) is -0.264. The first kappa shape index (κ1) is 43.7. The van der Waals surface area contributed by atoms with E-state index in [1.54, 1.807) is 58.8 Å². The van der Waals surface area contributed by atoms with Gasteiger partial charge in [0.15, 0.2) is 12.1 Å². The SMILES string of the molecule is CCC1OC(=O)CC(O)C(C)C(OC2OC(C)C(O)C(N(C)C)C2O)C(CCN2CCCCC2)CC(C)C(=O)C=CC(C)=CC1COS(C)(=O)=O. The highest BCUT2D eigenvalue weighted by molar-refractivity contribution is 7.85. The third-order valence-electron chi connectivity index (χ3n) is 10.7. The average molecular weight is 745 g/mol. The molecular formula is C37H64N2O11S. The Morgan fingerprint density at radius 2 is 1.69 bits per heavy atom. The number of likely N-dealkylation sites (tertiary alicyclic amines) is 1. The lowest BCUT2D eigenvalue weighted by Crippen LogP contribution is -2.63. The van der Waals surface area contributed by atoms with Gasteiger partial charge in [0.1, 0.15) is 12.2 Å². The van der Waals surface area contributed by atoms with E-state index in [-0.39, 0.29) is 24.7 Å². The Morgan fingerprint density at radius 1 is 1.02 bits per heavy atom. The fourth-order valence-corrected chi connectivity index (χ4v) is 7.98. The summed E-state index contributed by atoms with van der Waals surface area (Å²) in [5, 5.41) is 34.0. The van der Waals surface area contributed by atoms with E-state index in [1.165, 1.54) is 12.5 Å². The first-order chi connectivity index (χ1) is 23.9. The van der Waals surface area contributed by atoms with E-state index in [9.17, 15) is 33.3 Å². The molecule has 12 unspecified atom stereocenters. The third-order valence-corrected chi connectivity index (χ3v) is 11.3.